The number of carboxylic acid groups (broad SMARTS) is 1. The average molecular weight is 432 g/mol. The zero-order chi connectivity index (χ0) is 20.9. The summed E-state index contributed by atoms with van der Waals surface area (Å²) in [7, 11) is -3.74. The first-order valence-corrected chi connectivity index (χ1v) is 11.5. The molecule has 150 valence electrons. The van der Waals surface area contributed by atoms with Crippen molar-refractivity contribution in [3.05, 3.63) is 70.5 Å². The second-order valence-corrected chi connectivity index (χ2v) is 9.90. The molecule has 0 bridgehead atoms. The molecule has 4 rings (SSSR count). The van der Waals surface area contributed by atoms with Crippen molar-refractivity contribution in [1.82, 2.24) is 4.57 Å². The van der Waals surface area contributed by atoms with Crippen LogP contribution in [0.15, 0.2) is 47.8 Å². The Hall–Kier alpha value is -2.75. The first kappa shape index (κ1) is 19.6. The van der Waals surface area contributed by atoms with E-state index in [9.17, 15) is 22.7 Å². The molecule has 0 aliphatic heterocycles. The largest absolute Gasteiger partial charge is 0.477 e. The van der Waals surface area contributed by atoms with Gasteiger partial charge in [-0.25, -0.2) is 17.6 Å². The maximum absolute atomic E-state index is 13.8. The maximum Gasteiger partial charge on any atom is 0.352 e. The van der Waals surface area contributed by atoms with Gasteiger partial charge < -0.3 is 15.4 Å². The molecule has 0 radical (unpaired) electrons. The Balaban J connectivity index is 2.00. The summed E-state index contributed by atoms with van der Waals surface area (Å²) < 4.78 is 40.4. The minimum absolute atomic E-state index is 0.0568. The summed E-state index contributed by atoms with van der Waals surface area (Å²) in [5, 5.41) is 11.5. The van der Waals surface area contributed by atoms with Crippen LogP contribution < -0.4 is 5.73 Å². The number of hydrogen-bond donors (Lipinski definition) is 2. The number of sulfone groups is 1. The highest BCUT2D eigenvalue weighted by Crippen LogP contribution is 2.35. The van der Waals surface area contributed by atoms with Crippen molar-refractivity contribution in [2.75, 3.05) is 6.26 Å². The average Bonchev–Trinajstić information content (AvgIpc) is 3.20. The molecule has 0 saturated heterocycles. The molecule has 0 fully saturated rings. The quantitative estimate of drug-likeness (QED) is 0.500. The first-order chi connectivity index (χ1) is 13.7. The van der Waals surface area contributed by atoms with Crippen molar-refractivity contribution >= 4 is 48.1 Å². The Labute approximate surface area is 169 Å². The highest BCUT2D eigenvalue weighted by atomic mass is 32.2. The lowest BCUT2D eigenvalue weighted by Gasteiger charge is -2.12. The third kappa shape index (κ3) is 3.31. The van der Waals surface area contributed by atoms with Crippen LogP contribution in [0.2, 0.25) is 0 Å². The van der Waals surface area contributed by atoms with Crippen molar-refractivity contribution in [2.45, 2.75) is 11.9 Å². The summed E-state index contributed by atoms with van der Waals surface area (Å²) in [5.74, 6) is -1.66. The minimum Gasteiger partial charge on any atom is -0.477 e. The predicted molar refractivity (Wildman–Crippen MR) is 112 cm³/mol. The summed E-state index contributed by atoms with van der Waals surface area (Å²) >= 11 is 1.43. The minimum atomic E-state index is -3.74. The molecule has 0 aliphatic carbocycles. The monoisotopic (exact) mass is 432 g/mol. The SMILES string of the molecule is CS(=O)(=O)C(N)c1c(C(=O)O)n(Cc2csc3ccc(F)cc23)c2ccccc12. The van der Waals surface area contributed by atoms with E-state index in [2.05, 4.69) is 0 Å². The standard InChI is InChI=1S/C20H17FN2O4S2/c1-29(26,27)19(22)17-13-4-2-3-5-15(13)23(18(17)20(24)25)9-11-10-28-16-7-6-12(21)8-14(11)16/h2-8,10,19H,9,22H2,1H3,(H,24,25). The third-order valence-corrected chi connectivity index (χ3v) is 7.07. The number of fused-ring (bicyclic) bond motifs is 2. The number of carbonyl (C=O) groups is 1. The highest BCUT2D eigenvalue weighted by Gasteiger charge is 2.31. The van der Waals surface area contributed by atoms with Crippen molar-refractivity contribution in [2.24, 2.45) is 5.73 Å². The van der Waals surface area contributed by atoms with Gasteiger partial charge in [-0.2, -0.15) is 0 Å². The molecule has 3 N–H and O–H groups in total. The predicted octanol–water partition coefficient (Wildman–Crippen LogP) is 3.74. The number of halogens is 1. The Morgan fingerprint density at radius 2 is 1.97 bits per heavy atom. The van der Waals surface area contributed by atoms with Crippen molar-refractivity contribution < 1.29 is 22.7 Å². The van der Waals surface area contributed by atoms with E-state index in [1.54, 1.807) is 30.3 Å². The van der Waals surface area contributed by atoms with Crippen molar-refractivity contribution in [3.8, 4) is 0 Å². The van der Waals surface area contributed by atoms with Gasteiger partial charge in [-0.05, 0) is 35.2 Å². The van der Waals surface area contributed by atoms with Gasteiger partial charge in [0.1, 0.15) is 16.9 Å². The number of aromatic nitrogens is 1. The second kappa shape index (κ2) is 6.94. The van der Waals surface area contributed by atoms with Crippen LogP contribution in [-0.2, 0) is 16.4 Å². The Morgan fingerprint density at radius 1 is 1.24 bits per heavy atom. The van der Waals surface area contributed by atoms with Gasteiger partial charge in [-0.1, -0.05) is 18.2 Å². The molecule has 0 saturated carbocycles. The maximum atomic E-state index is 13.8. The number of hydrogen-bond acceptors (Lipinski definition) is 5. The number of benzene rings is 2. The highest BCUT2D eigenvalue weighted by molar-refractivity contribution is 7.90. The smallest absolute Gasteiger partial charge is 0.352 e. The van der Waals surface area contributed by atoms with E-state index >= 15 is 0 Å². The number of nitrogens with zero attached hydrogens (tertiary/aromatic N) is 1. The van der Waals surface area contributed by atoms with Crippen LogP contribution in [-0.4, -0.2) is 30.3 Å². The van der Waals surface area contributed by atoms with E-state index < -0.39 is 21.2 Å². The van der Waals surface area contributed by atoms with Crippen LogP contribution >= 0.6 is 11.3 Å². The Bertz CT molecular complexity index is 1370. The molecule has 0 spiro atoms. The molecule has 0 amide bonds. The molecule has 6 nitrogen and oxygen atoms in total. The summed E-state index contributed by atoms with van der Waals surface area (Å²) in [6.45, 7) is 0.141. The first-order valence-electron chi connectivity index (χ1n) is 8.63. The fourth-order valence-electron chi connectivity index (χ4n) is 3.57. The van der Waals surface area contributed by atoms with Crippen LogP contribution in [0, 0.1) is 5.82 Å². The third-order valence-electron chi connectivity index (χ3n) is 4.90. The van der Waals surface area contributed by atoms with Gasteiger partial charge in [0.25, 0.3) is 0 Å². The molecular weight excluding hydrogens is 415 g/mol. The molecule has 2 aromatic carbocycles. The molecule has 9 heteroatoms. The lowest BCUT2D eigenvalue weighted by atomic mass is 10.1. The molecule has 2 aromatic heterocycles. The molecule has 2 heterocycles. The number of rotatable bonds is 5. The van der Waals surface area contributed by atoms with Crippen LogP contribution in [0.3, 0.4) is 0 Å². The second-order valence-electron chi connectivity index (χ2n) is 6.82. The zero-order valence-electron chi connectivity index (χ0n) is 15.3. The number of para-hydroxylation sites is 1. The van der Waals surface area contributed by atoms with E-state index in [0.717, 1.165) is 16.5 Å². The molecule has 1 unspecified atom stereocenters. The van der Waals surface area contributed by atoms with E-state index in [1.165, 1.54) is 28.0 Å². The summed E-state index contributed by atoms with van der Waals surface area (Å²) in [6.07, 6.45) is 0.977. The van der Waals surface area contributed by atoms with Gasteiger partial charge in [0.15, 0.2) is 9.84 Å². The Kier molecular flexibility index (Phi) is 4.68. The van der Waals surface area contributed by atoms with Gasteiger partial charge in [0.2, 0.25) is 0 Å². The van der Waals surface area contributed by atoms with Gasteiger partial charge in [-0.3, -0.25) is 0 Å². The normalized spacial score (nSPS) is 13.2. The van der Waals surface area contributed by atoms with Crippen LogP contribution in [0.5, 0.6) is 0 Å². The summed E-state index contributed by atoms with van der Waals surface area (Å²) in [4.78, 5) is 12.2. The van der Waals surface area contributed by atoms with Gasteiger partial charge >= 0.3 is 5.97 Å². The number of carboxylic acids is 1. The molecule has 29 heavy (non-hydrogen) atoms. The molecule has 4 aromatic rings. The fourth-order valence-corrected chi connectivity index (χ4v) is 5.18. The number of nitrogens with two attached hydrogens (primary N) is 1. The summed E-state index contributed by atoms with van der Waals surface area (Å²) in [5.41, 5.74) is 7.13. The lowest BCUT2D eigenvalue weighted by molar-refractivity contribution is 0.0685. The van der Waals surface area contributed by atoms with Gasteiger partial charge in [-0.15, -0.1) is 11.3 Å². The van der Waals surface area contributed by atoms with Crippen LogP contribution in [0.4, 0.5) is 4.39 Å². The van der Waals surface area contributed by atoms with E-state index in [-0.39, 0.29) is 23.6 Å². The molecule has 0 aliphatic rings. The lowest BCUT2D eigenvalue weighted by Crippen LogP contribution is -2.23. The summed E-state index contributed by atoms with van der Waals surface area (Å²) in [6, 6.07) is 11.3. The fraction of sp³-hybridized carbons (Fsp3) is 0.150. The zero-order valence-corrected chi connectivity index (χ0v) is 16.9. The van der Waals surface area contributed by atoms with Gasteiger partial charge in [0, 0.05) is 39.4 Å². The number of aromatic carboxylic acids is 1. The topological polar surface area (TPSA) is 102 Å². The van der Waals surface area contributed by atoms with Crippen molar-refractivity contribution in [3.63, 3.8) is 0 Å². The van der Waals surface area contributed by atoms with Crippen molar-refractivity contribution in [1.29, 1.82) is 0 Å². The van der Waals surface area contributed by atoms with Crippen LogP contribution in [0.1, 0.15) is 27.0 Å². The van der Waals surface area contributed by atoms with E-state index in [1.807, 2.05) is 5.38 Å². The van der Waals surface area contributed by atoms with Gasteiger partial charge in [0.05, 0.1) is 0 Å². The number of thiophene rings is 1. The van der Waals surface area contributed by atoms with E-state index in [4.69, 9.17) is 5.73 Å². The molecular formula is C20H17FN2O4S2. The Morgan fingerprint density at radius 3 is 2.66 bits per heavy atom. The van der Waals surface area contributed by atoms with Crippen LogP contribution in [0.25, 0.3) is 21.0 Å². The van der Waals surface area contributed by atoms with E-state index in [0.29, 0.717) is 16.3 Å². The molecule has 1 atom stereocenters.